The molecule has 2 heterocycles. The SMILES string of the molecule is O=C(CCC1CCNCC1)NCCn1cnc(C(=O)O)c1. The van der Waals surface area contributed by atoms with Crippen LogP contribution in [0.15, 0.2) is 12.5 Å². The quantitative estimate of drug-likeness (QED) is 0.679. The van der Waals surface area contributed by atoms with Crippen molar-refractivity contribution < 1.29 is 14.7 Å². The van der Waals surface area contributed by atoms with Gasteiger partial charge in [0.05, 0.1) is 6.33 Å². The molecule has 1 aliphatic rings. The van der Waals surface area contributed by atoms with Gasteiger partial charge in [-0.3, -0.25) is 4.79 Å². The first-order chi connectivity index (χ1) is 10.1. The second-order valence-electron chi connectivity index (χ2n) is 5.38. The van der Waals surface area contributed by atoms with Crippen LogP contribution in [-0.2, 0) is 11.3 Å². The summed E-state index contributed by atoms with van der Waals surface area (Å²) in [6, 6.07) is 0. The van der Waals surface area contributed by atoms with Crippen molar-refractivity contribution in [3.05, 3.63) is 18.2 Å². The van der Waals surface area contributed by atoms with Gasteiger partial charge in [0.15, 0.2) is 5.69 Å². The fourth-order valence-electron chi connectivity index (χ4n) is 2.51. The van der Waals surface area contributed by atoms with Crippen molar-refractivity contribution in [1.82, 2.24) is 20.2 Å². The molecule has 7 heteroatoms. The second kappa shape index (κ2) is 7.78. The molecule has 1 aliphatic heterocycles. The lowest BCUT2D eigenvalue weighted by molar-refractivity contribution is -0.121. The van der Waals surface area contributed by atoms with Crippen LogP contribution < -0.4 is 10.6 Å². The van der Waals surface area contributed by atoms with Gasteiger partial charge >= 0.3 is 5.97 Å². The monoisotopic (exact) mass is 294 g/mol. The first kappa shape index (κ1) is 15.5. The van der Waals surface area contributed by atoms with Gasteiger partial charge in [0.1, 0.15) is 0 Å². The highest BCUT2D eigenvalue weighted by molar-refractivity contribution is 5.84. The fourth-order valence-corrected chi connectivity index (χ4v) is 2.51. The number of carboxylic acid groups (broad SMARTS) is 1. The zero-order valence-electron chi connectivity index (χ0n) is 12.0. The third kappa shape index (κ3) is 5.18. The number of nitrogens with one attached hydrogen (secondary N) is 2. The van der Waals surface area contributed by atoms with Crippen molar-refractivity contribution in [1.29, 1.82) is 0 Å². The molecule has 2 rings (SSSR count). The van der Waals surface area contributed by atoms with Crippen LogP contribution in [-0.4, -0.2) is 46.2 Å². The summed E-state index contributed by atoms with van der Waals surface area (Å²) in [4.78, 5) is 26.2. The van der Waals surface area contributed by atoms with E-state index in [4.69, 9.17) is 5.11 Å². The molecule has 3 N–H and O–H groups in total. The highest BCUT2D eigenvalue weighted by atomic mass is 16.4. The van der Waals surface area contributed by atoms with Crippen LogP contribution in [0.3, 0.4) is 0 Å². The van der Waals surface area contributed by atoms with Gasteiger partial charge in [0.25, 0.3) is 0 Å². The average Bonchev–Trinajstić information content (AvgIpc) is 2.95. The summed E-state index contributed by atoms with van der Waals surface area (Å²) in [5.74, 6) is -0.323. The highest BCUT2D eigenvalue weighted by Crippen LogP contribution is 2.17. The molecular weight excluding hydrogens is 272 g/mol. The normalized spacial score (nSPS) is 15.8. The summed E-state index contributed by atoms with van der Waals surface area (Å²) in [6.07, 6.45) is 6.74. The Balaban J connectivity index is 1.61. The summed E-state index contributed by atoms with van der Waals surface area (Å²) in [5.41, 5.74) is 0.0206. The lowest BCUT2D eigenvalue weighted by Crippen LogP contribution is -2.30. The third-order valence-corrected chi connectivity index (χ3v) is 3.78. The van der Waals surface area contributed by atoms with E-state index in [2.05, 4.69) is 15.6 Å². The Hall–Kier alpha value is -1.89. The van der Waals surface area contributed by atoms with Crippen molar-refractivity contribution >= 4 is 11.9 Å². The van der Waals surface area contributed by atoms with E-state index >= 15 is 0 Å². The third-order valence-electron chi connectivity index (χ3n) is 3.78. The van der Waals surface area contributed by atoms with E-state index < -0.39 is 5.97 Å². The molecule has 1 saturated heterocycles. The maximum Gasteiger partial charge on any atom is 0.356 e. The van der Waals surface area contributed by atoms with Crippen LogP contribution in [0, 0.1) is 5.92 Å². The average molecular weight is 294 g/mol. The van der Waals surface area contributed by atoms with Crippen molar-refractivity contribution in [3.8, 4) is 0 Å². The number of aromatic carboxylic acids is 1. The zero-order valence-corrected chi connectivity index (χ0v) is 12.0. The van der Waals surface area contributed by atoms with Crippen molar-refractivity contribution in [2.75, 3.05) is 19.6 Å². The molecule has 1 amide bonds. The predicted octanol–water partition coefficient (Wildman–Crippen LogP) is 0.477. The molecule has 116 valence electrons. The molecule has 0 saturated carbocycles. The van der Waals surface area contributed by atoms with E-state index in [1.807, 2.05) is 0 Å². The largest absolute Gasteiger partial charge is 0.476 e. The lowest BCUT2D eigenvalue weighted by atomic mass is 9.93. The summed E-state index contributed by atoms with van der Waals surface area (Å²) in [6.45, 7) is 3.12. The number of aromatic nitrogens is 2. The Morgan fingerprint density at radius 3 is 2.86 bits per heavy atom. The smallest absolute Gasteiger partial charge is 0.356 e. The fraction of sp³-hybridized carbons (Fsp3) is 0.643. The van der Waals surface area contributed by atoms with Gasteiger partial charge in [-0.05, 0) is 38.3 Å². The second-order valence-corrected chi connectivity index (χ2v) is 5.38. The topological polar surface area (TPSA) is 96.3 Å². The van der Waals surface area contributed by atoms with E-state index in [9.17, 15) is 9.59 Å². The van der Waals surface area contributed by atoms with Gasteiger partial charge in [-0.25, -0.2) is 9.78 Å². The standard InChI is InChI=1S/C14H22N4O3/c19-13(2-1-11-3-5-15-6-4-11)16-7-8-18-9-12(14(20)21)17-10-18/h9-11,15H,1-8H2,(H,16,19)(H,20,21). The lowest BCUT2D eigenvalue weighted by Gasteiger charge is -2.22. The number of carbonyl (C=O) groups excluding carboxylic acids is 1. The van der Waals surface area contributed by atoms with Crippen molar-refractivity contribution in [3.63, 3.8) is 0 Å². The molecule has 1 aromatic heterocycles. The number of nitrogens with zero attached hydrogens (tertiary/aromatic N) is 2. The number of amides is 1. The zero-order chi connectivity index (χ0) is 15.1. The molecule has 0 radical (unpaired) electrons. The Morgan fingerprint density at radius 1 is 1.43 bits per heavy atom. The predicted molar refractivity (Wildman–Crippen MR) is 77.0 cm³/mol. The van der Waals surface area contributed by atoms with Crippen molar-refractivity contribution in [2.45, 2.75) is 32.2 Å². The van der Waals surface area contributed by atoms with E-state index in [0.717, 1.165) is 32.4 Å². The van der Waals surface area contributed by atoms with Crippen LogP contribution in [0.4, 0.5) is 0 Å². The van der Waals surface area contributed by atoms with E-state index in [1.165, 1.54) is 12.5 Å². The molecule has 0 aliphatic carbocycles. The molecular formula is C14H22N4O3. The van der Waals surface area contributed by atoms with Crippen LogP contribution in [0.25, 0.3) is 0 Å². The number of hydrogen-bond donors (Lipinski definition) is 3. The number of hydrogen-bond acceptors (Lipinski definition) is 4. The van der Waals surface area contributed by atoms with Crippen LogP contribution in [0.1, 0.15) is 36.2 Å². The molecule has 0 aromatic carbocycles. The Bertz CT molecular complexity index is 480. The van der Waals surface area contributed by atoms with E-state index in [-0.39, 0.29) is 11.6 Å². The van der Waals surface area contributed by atoms with Crippen LogP contribution in [0.5, 0.6) is 0 Å². The summed E-state index contributed by atoms with van der Waals surface area (Å²) < 4.78 is 1.66. The van der Waals surface area contributed by atoms with Gasteiger partial charge < -0.3 is 20.3 Å². The number of rotatable bonds is 7. The first-order valence-corrected chi connectivity index (χ1v) is 7.37. The van der Waals surface area contributed by atoms with Gasteiger partial charge in [0, 0.05) is 25.7 Å². The van der Waals surface area contributed by atoms with E-state index in [1.54, 1.807) is 4.57 Å². The molecule has 0 spiro atoms. The highest BCUT2D eigenvalue weighted by Gasteiger charge is 2.14. The number of carbonyl (C=O) groups is 2. The summed E-state index contributed by atoms with van der Waals surface area (Å²) in [7, 11) is 0. The Labute approximate surface area is 123 Å². The molecule has 1 fully saturated rings. The van der Waals surface area contributed by atoms with Crippen molar-refractivity contribution in [2.24, 2.45) is 5.92 Å². The van der Waals surface area contributed by atoms with Gasteiger partial charge in [-0.1, -0.05) is 0 Å². The molecule has 1 aromatic rings. The first-order valence-electron chi connectivity index (χ1n) is 7.37. The maximum absolute atomic E-state index is 11.7. The molecule has 0 unspecified atom stereocenters. The minimum Gasteiger partial charge on any atom is -0.476 e. The maximum atomic E-state index is 11.7. The summed E-state index contributed by atoms with van der Waals surface area (Å²) in [5, 5.41) is 14.9. The Morgan fingerprint density at radius 2 is 2.19 bits per heavy atom. The Kier molecular flexibility index (Phi) is 5.74. The minimum atomic E-state index is -1.04. The molecule has 7 nitrogen and oxygen atoms in total. The minimum absolute atomic E-state index is 0.0206. The van der Waals surface area contributed by atoms with Gasteiger partial charge in [-0.2, -0.15) is 0 Å². The molecule has 21 heavy (non-hydrogen) atoms. The molecule has 0 atom stereocenters. The van der Waals surface area contributed by atoms with E-state index in [0.29, 0.717) is 25.4 Å². The number of piperidine rings is 1. The number of carboxylic acids is 1. The van der Waals surface area contributed by atoms with Gasteiger partial charge in [0.2, 0.25) is 5.91 Å². The summed E-state index contributed by atoms with van der Waals surface area (Å²) >= 11 is 0. The van der Waals surface area contributed by atoms with Crippen LogP contribution >= 0.6 is 0 Å². The number of imidazole rings is 1. The van der Waals surface area contributed by atoms with Gasteiger partial charge in [-0.15, -0.1) is 0 Å². The van der Waals surface area contributed by atoms with Crippen LogP contribution in [0.2, 0.25) is 0 Å². The molecule has 0 bridgehead atoms.